The normalized spacial score (nSPS) is 22.0. The summed E-state index contributed by atoms with van der Waals surface area (Å²) >= 11 is 0. The predicted molar refractivity (Wildman–Crippen MR) is 109 cm³/mol. The van der Waals surface area contributed by atoms with Gasteiger partial charge in [0.1, 0.15) is 17.7 Å². The van der Waals surface area contributed by atoms with Gasteiger partial charge in [-0.1, -0.05) is 0 Å². The molecule has 3 heterocycles. The molecule has 10 heteroatoms. The Morgan fingerprint density at radius 2 is 1.87 bits per heavy atom. The van der Waals surface area contributed by atoms with E-state index in [0.717, 1.165) is 5.69 Å². The molecule has 1 aliphatic carbocycles. The Morgan fingerprint density at radius 1 is 1.17 bits per heavy atom. The Balaban J connectivity index is 1.54. The maximum atomic E-state index is 13.5. The van der Waals surface area contributed by atoms with E-state index in [0.29, 0.717) is 43.1 Å². The second-order valence-electron chi connectivity index (χ2n) is 8.19. The molecule has 164 valence electrons. The molecule has 1 saturated carbocycles. The summed E-state index contributed by atoms with van der Waals surface area (Å²) in [4.78, 5) is 4.59. The summed E-state index contributed by atoms with van der Waals surface area (Å²) in [5.74, 6) is -0.705. The lowest BCUT2D eigenvalue weighted by Gasteiger charge is -2.29. The van der Waals surface area contributed by atoms with Crippen molar-refractivity contribution in [3.63, 3.8) is 0 Å². The quantitative estimate of drug-likeness (QED) is 0.766. The van der Waals surface area contributed by atoms with Crippen LogP contribution in [0.1, 0.15) is 44.2 Å². The number of pyridine rings is 1. The largest absolute Gasteiger partial charge is 0.490 e. The summed E-state index contributed by atoms with van der Waals surface area (Å²) < 4.78 is 58.0. The molecule has 0 amide bonds. The zero-order valence-corrected chi connectivity index (χ0v) is 17.7. The molecule has 0 unspecified atom stereocenters. The zero-order valence-electron chi connectivity index (χ0n) is 16.9. The molecule has 7 nitrogen and oxygen atoms in total. The molecule has 4 rings (SSSR count). The summed E-state index contributed by atoms with van der Waals surface area (Å²) in [7, 11) is -2.97. The first kappa shape index (κ1) is 21.0. The molecule has 0 radical (unpaired) electrons. The van der Waals surface area contributed by atoms with Gasteiger partial charge in [0.15, 0.2) is 15.7 Å². The minimum Gasteiger partial charge on any atom is -0.490 e. The van der Waals surface area contributed by atoms with Crippen LogP contribution < -0.4 is 10.1 Å². The van der Waals surface area contributed by atoms with E-state index in [1.165, 1.54) is 0 Å². The number of hydrogen-bond acceptors (Lipinski definition) is 6. The number of aromatic nitrogens is 3. The zero-order chi connectivity index (χ0) is 21.4. The molecule has 0 aromatic carbocycles. The molecule has 2 aromatic heterocycles. The number of nitrogens with zero attached hydrogens (tertiary/aromatic N) is 3. The van der Waals surface area contributed by atoms with Gasteiger partial charge in [0.2, 0.25) is 5.92 Å². The molecule has 0 bridgehead atoms. The molecule has 0 spiro atoms. The first-order chi connectivity index (χ1) is 14.2. The molecule has 2 fully saturated rings. The standard InChI is InChI=1S/C20H26F2N4O3S/c1-14-4-9-26(25-14)19-13-17(29-16-5-10-30(27,28)11-6-16)12-18(24-19)23-15-2-7-20(21,22)8-3-15/h4,9,12-13,15-16H,2-3,5-8,10-11H2,1H3,(H,23,24). The molecule has 1 aliphatic heterocycles. The summed E-state index contributed by atoms with van der Waals surface area (Å²) in [6.07, 6.45) is 2.96. The average Bonchev–Trinajstić information content (AvgIpc) is 3.12. The van der Waals surface area contributed by atoms with Crippen molar-refractivity contribution in [3.05, 3.63) is 30.1 Å². The molecular formula is C20H26F2N4O3S. The second-order valence-corrected chi connectivity index (χ2v) is 10.5. The Bertz CT molecular complexity index is 985. The van der Waals surface area contributed by atoms with Crippen LogP contribution in [0.25, 0.3) is 5.82 Å². The number of halogens is 2. The van der Waals surface area contributed by atoms with E-state index in [1.54, 1.807) is 23.0 Å². The van der Waals surface area contributed by atoms with Crippen molar-refractivity contribution in [2.24, 2.45) is 0 Å². The Hall–Kier alpha value is -2.23. The van der Waals surface area contributed by atoms with E-state index in [2.05, 4.69) is 15.4 Å². The number of rotatable bonds is 5. The van der Waals surface area contributed by atoms with Crippen molar-refractivity contribution < 1.29 is 21.9 Å². The van der Waals surface area contributed by atoms with Gasteiger partial charge in [-0.3, -0.25) is 0 Å². The predicted octanol–water partition coefficient (Wildman–Crippen LogP) is 3.52. The molecule has 2 aliphatic rings. The van der Waals surface area contributed by atoms with Crippen molar-refractivity contribution in [1.29, 1.82) is 0 Å². The van der Waals surface area contributed by atoms with E-state index in [1.807, 2.05) is 13.0 Å². The highest BCUT2D eigenvalue weighted by Crippen LogP contribution is 2.34. The fraction of sp³-hybridized carbons (Fsp3) is 0.600. The van der Waals surface area contributed by atoms with Crippen LogP contribution in [-0.4, -0.2) is 52.8 Å². The van der Waals surface area contributed by atoms with Crippen molar-refractivity contribution in [2.75, 3.05) is 16.8 Å². The first-order valence-electron chi connectivity index (χ1n) is 10.2. The topological polar surface area (TPSA) is 86.1 Å². The maximum Gasteiger partial charge on any atom is 0.248 e. The van der Waals surface area contributed by atoms with Crippen LogP contribution in [0, 0.1) is 6.92 Å². The van der Waals surface area contributed by atoms with Crippen LogP contribution in [0.5, 0.6) is 5.75 Å². The van der Waals surface area contributed by atoms with E-state index in [9.17, 15) is 17.2 Å². The number of sulfone groups is 1. The van der Waals surface area contributed by atoms with Crippen molar-refractivity contribution >= 4 is 15.7 Å². The fourth-order valence-electron chi connectivity index (χ4n) is 3.87. The third-order valence-electron chi connectivity index (χ3n) is 5.62. The van der Waals surface area contributed by atoms with Crippen LogP contribution in [0.2, 0.25) is 0 Å². The van der Waals surface area contributed by atoms with Crippen LogP contribution in [0.3, 0.4) is 0 Å². The molecule has 2 aromatic rings. The minimum atomic E-state index is -2.97. The van der Waals surface area contributed by atoms with Crippen LogP contribution in [0.15, 0.2) is 24.4 Å². The van der Waals surface area contributed by atoms with Gasteiger partial charge in [-0.15, -0.1) is 0 Å². The van der Waals surface area contributed by atoms with Gasteiger partial charge in [-0.2, -0.15) is 5.10 Å². The SMILES string of the molecule is Cc1ccn(-c2cc(OC3CCS(=O)(=O)CC3)cc(NC3CCC(F)(F)CC3)n2)n1. The Morgan fingerprint density at radius 3 is 2.50 bits per heavy atom. The first-order valence-corrected chi connectivity index (χ1v) is 12.1. The van der Waals surface area contributed by atoms with Crippen molar-refractivity contribution in [1.82, 2.24) is 14.8 Å². The Kier molecular flexibility index (Phi) is 5.69. The molecule has 1 N–H and O–H groups in total. The number of anilines is 1. The third kappa shape index (κ3) is 5.27. The van der Waals surface area contributed by atoms with Crippen molar-refractivity contribution in [3.8, 4) is 11.6 Å². The number of hydrogen-bond donors (Lipinski definition) is 1. The number of alkyl halides is 2. The maximum absolute atomic E-state index is 13.5. The lowest BCUT2D eigenvalue weighted by atomic mass is 9.92. The minimum absolute atomic E-state index is 0.0839. The molecular weight excluding hydrogens is 414 g/mol. The summed E-state index contributed by atoms with van der Waals surface area (Å²) in [6.45, 7) is 1.88. The van der Waals surface area contributed by atoms with Crippen LogP contribution in [-0.2, 0) is 9.84 Å². The lowest BCUT2D eigenvalue weighted by Crippen LogP contribution is -2.32. The van der Waals surface area contributed by atoms with Gasteiger partial charge < -0.3 is 10.1 Å². The van der Waals surface area contributed by atoms with Crippen LogP contribution >= 0.6 is 0 Å². The Labute approximate surface area is 174 Å². The summed E-state index contributed by atoms with van der Waals surface area (Å²) in [5, 5.41) is 7.65. The fourth-order valence-corrected chi connectivity index (χ4v) is 5.31. The van der Waals surface area contributed by atoms with Gasteiger partial charge in [-0.05, 0) is 38.7 Å². The van der Waals surface area contributed by atoms with Gasteiger partial charge in [0, 0.05) is 37.2 Å². The lowest BCUT2D eigenvalue weighted by molar-refractivity contribution is -0.0361. The van der Waals surface area contributed by atoms with Gasteiger partial charge in [0.25, 0.3) is 0 Å². The smallest absolute Gasteiger partial charge is 0.248 e. The molecule has 0 atom stereocenters. The monoisotopic (exact) mass is 440 g/mol. The second kappa shape index (κ2) is 8.13. The summed E-state index contributed by atoms with van der Waals surface area (Å²) in [5.41, 5.74) is 0.838. The number of aryl methyl sites for hydroxylation is 1. The highest BCUT2D eigenvalue weighted by atomic mass is 32.2. The van der Waals surface area contributed by atoms with E-state index >= 15 is 0 Å². The van der Waals surface area contributed by atoms with E-state index in [-0.39, 0.29) is 36.5 Å². The number of ether oxygens (including phenoxy) is 1. The summed E-state index contributed by atoms with van der Waals surface area (Å²) in [6, 6.07) is 5.28. The van der Waals surface area contributed by atoms with Gasteiger partial charge in [-0.25, -0.2) is 26.9 Å². The van der Waals surface area contributed by atoms with E-state index in [4.69, 9.17) is 4.74 Å². The molecule has 1 saturated heterocycles. The van der Waals surface area contributed by atoms with Crippen LogP contribution in [0.4, 0.5) is 14.6 Å². The highest BCUT2D eigenvalue weighted by molar-refractivity contribution is 7.91. The van der Waals surface area contributed by atoms with Crippen molar-refractivity contribution in [2.45, 2.75) is 63.5 Å². The van der Waals surface area contributed by atoms with Gasteiger partial charge >= 0.3 is 0 Å². The molecule has 30 heavy (non-hydrogen) atoms. The average molecular weight is 441 g/mol. The van der Waals surface area contributed by atoms with E-state index < -0.39 is 15.8 Å². The third-order valence-corrected chi connectivity index (χ3v) is 7.33. The highest BCUT2D eigenvalue weighted by Gasteiger charge is 2.35. The van der Waals surface area contributed by atoms with Gasteiger partial charge in [0.05, 0.1) is 17.2 Å². The number of nitrogens with one attached hydrogen (secondary N) is 1.